The fourth-order valence-electron chi connectivity index (χ4n) is 3.10. The molecule has 0 aliphatic heterocycles. The third-order valence-corrected chi connectivity index (χ3v) is 5.32. The Hall–Kier alpha value is -1.87. The van der Waals surface area contributed by atoms with Gasteiger partial charge >= 0.3 is 0 Å². The van der Waals surface area contributed by atoms with E-state index in [0.717, 1.165) is 18.4 Å². The van der Waals surface area contributed by atoms with Crippen LogP contribution in [0.2, 0.25) is 0 Å². The van der Waals surface area contributed by atoms with E-state index in [1.165, 1.54) is 35.8 Å². The highest BCUT2D eigenvalue weighted by Gasteiger charge is 2.16. The van der Waals surface area contributed by atoms with Crippen LogP contribution in [0, 0.1) is 0 Å². The van der Waals surface area contributed by atoms with Gasteiger partial charge in [-0.25, -0.2) is 8.42 Å². The number of benzene rings is 2. The molecule has 0 spiro atoms. The van der Waals surface area contributed by atoms with Crippen LogP contribution in [0.3, 0.4) is 0 Å². The van der Waals surface area contributed by atoms with Crippen LogP contribution < -0.4 is 0 Å². The number of hydrogen-bond donors (Lipinski definition) is 0. The molecule has 3 rings (SSSR count). The summed E-state index contributed by atoms with van der Waals surface area (Å²) in [6.07, 6.45) is 6.01. The molecule has 1 saturated carbocycles. The molecule has 1 aliphatic rings. The van der Waals surface area contributed by atoms with Crippen molar-refractivity contribution in [1.29, 1.82) is 0 Å². The minimum atomic E-state index is -3.15. The van der Waals surface area contributed by atoms with Crippen molar-refractivity contribution in [3.63, 3.8) is 0 Å². The van der Waals surface area contributed by atoms with Gasteiger partial charge in [0.2, 0.25) is 0 Å². The first-order valence-electron chi connectivity index (χ1n) is 7.63. The quantitative estimate of drug-likeness (QED) is 0.838. The van der Waals surface area contributed by atoms with Crippen LogP contribution in [0.25, 0.3) is 5.57 Å². The zero-order valence-electron chi connectivity index (χ0n) is 12.7. The molecule has 0 aromatic heterocycles. The van der Waals surface area contributed by atoms with Gasteiger partial charge in [0.1, 0.15) is 0 Å². The third-order valence-electron chi connectivity index (χ3n) is 4.19. The molecule has 3 heteroatoms. The number of hydrogen-bond acceptors (Lipinski definition) is 2. The van der Waals surface area contributed by atoms with Crippen LogP contribution in [0.4, 0.5) is 0 Å². The molecule has 0 atom stereocenters. The lowest BCUT2D eigenvalue weighted by Crippen LogP contribution is -1.98. The Bertz CT molecular complexity index is 777. The van der Waals surface area contributed by atoms with Gasteiger partial charge in [0.25, 0.3) is 0 Å². The third kappa shape index (κ3) is 3.14. The Labute approximate surface area is 132 Å². The monoisotopic (exact) mass is 312 g/mol. The zero-order chi connectivity index (χ0) is 15.6. The zero-order valence-corrected chi connectivity index (χ0v) is 13.6. The standard InChI is InChI=1S/C19H20O2S/c1-22(20,21)18-13-11-17(12-14-18)19(16-9-5-6-10-16)15-7-3-2-4-8-15/h2-4,7-8,11-14H,5-6,9-10H2,1H3. The van der Waals surface area contributed by atoms with E-state index in [9.17, 15) is 8.42 Å². The van der Waals surface area contributed by atoms with E-state index >= 15 is 0 Å². The molecule has 114 valence electrons. The molecule has 0 unspecified atom stereocenters. The fourth-order valence-corrected chi connectivity index (χ4v) is 3.73. The second kappa shape index (κ2) is 6.09. The van der Waals surface area contributed by atoms with E-state index in [0.29, 0.717) is 4.90 Å². The smallest absolute Gasteiger partial charge is 0.175 e. The molecule has 2 aromatic carbocycles. The molecule has 0 bridgehead atoms. The fraction of sp³-hybridized carbons (Fsp3) is 0.263. The summed E-state index contributed by atoms with van der Waals surface area (Å²) >= 11 is 0. The first-order valence-corrected chi connectivity index (χ1v) is 9.53. The molecule has 22 heavy (non-hydrogen) atoms. The number of sulfone groups is 1. The molecule has 0 radical (unpaired) electrons. The van der Waals surface area contributed by atoms with Crippen LogP contribution in [-0.2, 0) is 9.84 Å². The lowest BCUT2D eigenvalue weighted by molar-refractivity contribution is 0.602. The summed E-state index contributed by atoms with van der Waals surface area (Å²) in [6.45, 7) is 0. The maximum atomic E-state index is 11.6. The maximum absolute atomic E-state index is 11.6. The Kier molecular flexibility index (Phi) is 4.16. The summed E-state index contributed by atoms with van der Waals surface area (Å²) < 4.78 is 23.3. The van der Waals surface area contributed by atoms with E-state index in [4.69, 9.17) is 0 Å². The van der Waals surface area contributed by atoms with Gasteiger partial charge in [0.05, 0.1) is 4.90 Å². The Morgan fingerprint density at radius 3 is 1.91 bits per heavy atom. The van der Waals surface area contributed by atoms with Gasteiger partial charge in [0, 0.05) is 6.26 Å². The van der Waals surface area contributed by atoms with Gasteiger partial charge in [-0.2, -0.15) is 0 Å². The first-order chi connectivity index (χ1) is 10.6. The number of allylic oxidation sites excluding steroid dienone is 1. The molecular weight excluding hydrogens is 292 g/mol. The Balaban J connectivity index is 2.10. The predicted molar refractivity (Wildman–Crippen MR) is 90.5 cm³/mol. The van der Waals surface area contributed by atoms with Crippen molar-refractivity contribution in [3.05, 3.63) is 71.3 Å². The lowest BCUT2D eigenvalue weighted by Gasteiger charge is -2.13. The predicted octanol–water partition coefficient (Wildman–Crippen LogP) is 4.47. The first kappa shape index (κ1) is 15.0. The molecule has 2 nitrogen and oxygen atoms in total. The molecule has 0 amide bonds. The minimum absolute atomic E-state index is 0.375. The largest absolute Gasteiger partial charge is 0.224 e. The van der Waals surface area contributed by atoms with Crippen molar-refractivity contribution >= 4 is 15.4 Å². The van der Waals surface area contributed by atoms with Crippen LogP contribution in [0.15, 0.2) is 65.1 Å². The molecule has 2 aromatic rings. The molecule has 0 N–H and O–H groups in total. The maximum Gasteiger partial charge on any atom is 0.175 e. The summed E-state index contributed by atoms with van der Waals surface area (Å²) in [5.41, 5.74) is 5.08. The Morgan fingerprint density at radius 1 is 0.818 bits per heavy atom. The normalized spacial score (nSPS) is 15.0. The minimum Gasteiger partial charge on any atom is -0.224 e. The number of rotatable bonds is 3. The Morgan fingerprint density at radius 2 is 1.36 bits per heavy atom. The average molecular weight is 312 g/mol. The van der Waals surface area contributed by atoms with Gasteiger partial charge in [-0.3, -0.25) is 0 Å². The van der Waals surface area contributed by atoms with Crippen LogP contribution in [0.1, 0.15) is 36.8 Å². The van der Waals surface area contributed by atoms with Crippen molar-refractivity contribution < 1.29 is 8.42 Å². The van der Waals surface area contributed by atoms with Gasteiger partial charge < -0.3 is 0 Å². The molecule has 1 fully saturated rings. The highest BCUT2D eigenvalue weighted by Crippen LogP contribution is 2.36. The van der Waals surface area contributed by atoms with E-state index in [1.54, 1.807) is 12.1 Å². The highest BCUT2D eigenvalue weighted by atomic mass is 32.2. The second-order valence-corrected chi connectivity index (χ2v) is 7.86. The summed E-state index contributed by atoms with van der Waals surface area (Å²) in [4.78, 5) is 0.375. The van der Waals surface area contributed by atoms with Crippen molar-refractivity contribution in [3.8, 4) is 0 Å². The van der Waals surface area contributed by atoms with Crippen molar-refractivity contribution in [2.24, 2.45) is 0 Å². The molecule has 1 aliphatic carbocycles. The molecule has 0 heterocycles. The van der Waals surface area contributed by atoms with Crippen molar-refractivity contribution in [2.75, 3.05) is 6.26 Å². The van der Waals surface area contributed by atoms with E-state index in [-0.39, 0.29) is 0 Å². The van der Waals surface area contributed by atoms with Gasteiger partial charge in [0.15, 0.2) is 9.84 Å². The highest BCUT2D eigenvalue weighted by molar-refractivity contribution is 7.90. The second-order valence-electron chi connectivity index (χ2n) is 5.85. The SMILES string of the molecule is CS(=O)(=O)c1ccc(C(=C2CCCC2)c2ccccc2)cc1. The van der Waals surface area contributed by atoms with E-state index in [1.807, 2.05) is 18.2 Å². The van der Waals surface area contributed by atoms with Crippen LogP contribution >= 0.6 is 0 Å². The van der Waals surface area contributed by atoms with Crippen LogP contribution in [-0.4, -0.2) is 14.7 Å². The summed E-state index contributed by atoms with van der Waals surface area (Å²) in [7, 11) is -3.15. The van der Waals surface area contributed by atoms with Crippen LogP contribution in [0.5, 0.6) is 0 Å². The topological polar surface area (TPSA) is 34.1 Å². The molecular formula is C19H20O2S. The van der Waals surface area contributed by atoms with Crippen molar-refractivity contribution in [2.45, 2.75) is 30.6 Å². The van der Waals surface area contributed by atoms with Gasteiger partial charge in [-0.05, 0) is 54.5 Å². The summed E-state index contributed by atoms with van der Waals surface area (Å²) in [5, 5.41) is 0. The van der Waals surface area contributed by atoms with Gasteiger partial charge in [-0.1, -0.05) is 48.0 Å². The summed E-state index contributed by atoms with van der Waals surface area (Å²) in [6, 6.07) is 17.7. The summed E-state index contributed by atoms with van der Waals surface area (Å²) in [5.74, 6) is 0. The van der Waals surface area contributed by atoms with E-state index < -0.39 is 9.84 Å². The average Bonchev–Trinajstić information content (AvgIpc) is 3.02. The molecule has 0 saturated heterocycles. The van der Waals surface area contributed by atoms with E-state index in [2.05, 4.69) is 24.3 Å². The van der Waals surface area contributed by atoms with Gasteiger partial charge in [-0.15, -0.1) is 0 Å². The van der Waals surface area contributed by atoms with Crippen molar-refractivity contribution in [1.82, 2.24) is 0 Å². The lowest BCUT2D eigenvalue weighted by atomic mass is 9.92.